The van der Waals surface area contributed by atoms with Gasteiger partial charge in [0.25, 0.3) is 0 Å². The maximum Gasteiger partial charge on any atom is 0.127 e. The summed E-state index contributed by atoms with van der Waals surface area (Å²) in [5.41, 5.74) is 0.767. The van der Waals surface area contributed by atoms with Crippen molar-refractivity contribution in [3.05, 3.63) is 35.6 Å². The summed E-state index contributed by atoms with van der Waals surface area (Å²) in [6, 6.07) is 7.41. The first-order valence-corrected chi connectivity index (χ1v) is 7.29. The van der Waals surface area contributed by atoms with Crippen LogP contribution in [0, 0.1) is 5.82 Å². The van der Waals surface area contributed by atoms with Gasteiger partial charge in [-0.25, -0.2) is 4.39 Å². The molecule has 1 aromatic carbocycles. The number of likely N-dealkylation sites (N-methyl/N-ethyl adjacent to an activating group) is 1. The summed E-state index contributed by atoms with van der Waals surface area (Å²) < 4.78 is 13.6. The topological polar surface area (TPSA) is 15.3 Å². The van der Waals surface area contributed by atoms with Crippen LogP contribution in [0.1, 0.15) is 38.7 Å². The molecule has 0 aliphatic carbocycles. The number of benzene rings is 1. The van der Waals surface area contributed by atoms with Crippen molar-refractivity contribution in [3.8, 4) is 0 Å². The van der Waals surface area contributed by atoms with Gasteiger partial charge in [0.2, 0.25) is 0 Å². The molecule has 1 atom stereocenters. The van der Waals surface area contributed by atoms with E-state index in [1.165, 1.54) is 25.3 Å². The van der Waals surface area contributed by atoms with Crippen LogP contribution < -0.4 is 5.32 Å². The summed E-state index contributed by atoms with van der Waals surface area (Å²) in [6.07, 6.45) is 3.77. The van der Waals surface area contributed by atoms with Crippen molar-refractivity contribution in [2.75, 3.05) is 20.1 Å². The fraction of sp³-hybridized carbons (Fsp3) is 0.625. The molecule has 0 amide bonds. The number of nitrogens with zero attached hydrogens (tertiary/aromatic N) is 1. The minimum Gasteiger partial charge on any atom is -0.315 e. The number of nitrogens with one attached hydrogen (secondary N) is 1. The summed E-state index contributed by atoms with van der Waals surface area (Å²) in [6.45, 7) is 7.07. The highest BCUT2D eigenvalue weighted by Gasteiger charge is 2.11. The van der Waals surface area contributed by atoms with Gasteiger partial charge >= 0.3 is 0 Å². The first kappa shape index (κ1) is 16.1. The highest BCUT2D eigenvalue weighted by molar-refractivity contribution is 5.17. The molecule has 1 unspecified atom stereocenters. The Hall–Kier alpha value is -0.930. The van der Waals surface area contributed by atoms with Gasteiger partial charge in [-0.15, -0.1) is 0 Å². The molecule has 1 N–H and O–H groups in total. The normalized spacial score (nSPS) is 12.9. The summed E-state index contributed by atoms with van der Waals surface area (Å²) in [5, 5.41) is 3.47. The zero-order valence-electron chi connectivity index (χ0n) is 12.5. The lowest BCUT2D eigenvalue weighted by molar-refractivity contribution is 0.240. The van der Waals surface area contributed by atoms with Gasteiger partial charge in [0.15, 0.2) is 0 Å². The predicted octanol–water partition coefficient (Wildman–Crippen LogP) is 3.43. The molecule has 0 saturated carbocycles. The Morgan fingerprint density at radius 1 is 1.26 bits per heavy atom. The van der Waals surface area contributed by atoms with Crippen LogP contribution in [-0.2, 0) is 6.54 Å². The van der Waals surface area contributed by atoms with Crippen molar-refractivity contribution in [1.29, 1.82) is 0 Å². The van der Waals surface area contributed by atoms with Gasteiger partial charge in [-0.2, -0.15) is 0 Å². The molecule has 0 spiro atoms. The number of rotatable bonds is 9. The van der Waals surface area contributed by atoms with Crippen molar-refractivity contribution >= 4 is 0 Å². The molecule has 1 aromatic rings. The molecule has 0 fully saturated rings. The second-order valence-electron chi connectivity index (χ2n) is 5.27. The molecule has 0 aliphatic rings. The van der Waals surface area contributed by atoms with Crippen LogP contribution in [0.15, 0.2) is 24.3 Å². The molecule has 19 heavy (non-hydrogen) atoms. The first-order valence-electron chi connectivity index (χ1n) is 7.29. The van der Waals surface area contributed by atoms with E-state index in [9.17, 15) is 4.39 Å². The molecule has 0 bridgehead atoms. The summed E-state index contributed by atoms with van der Waals surface area (Å²) in [4.78, 5) is 2.19. The van der Waals surface area contributed by atoms with E-state index in [4.69, 9.17) is 0 Å². The van der Waals surface area contributed by atoms with E-state index in [-0.39, 0.29) is 5.82 Å². The van der Waals surface area contributed by atoms with Gasteiger partial charge in [-0.3, -0.25) is 4.90 Å². The molecule has 108 valence electrons. The van der Waals surface area contributed by atoms with Crippen molar-refractivity contribution in [3.63, 3.8) is 0 Å². The number of hydrogen-bond acceptors (Lipinski definition) is 2. The Labute approximate surface area is 117 Å². The lowest BCUT2D eigenvalue weighted by Gasteiger charge is -2.25. The molecule has 0 aromatic heterocycles. The monoisotopic (exact) mass is 266 g/mol. The summed E-state index contributed by atoms with van der Waals surface area (Å²) in [7, 11) is 2.05. The lowest BCUT2D eigenvalue weighted by atomic mass is 10.2. The molecule has 0 heterocycles. The Balaban J connectivity index is 2.28. The molecular formula is C16H27FN2. The fourth-order valence-corrected chi connectivity index (χ4v) is 2.02. The molecule has 2 nitrogen and oxygen atoms in total. The zero-order valence-corrected chi connectivity index (χ0v) is 12.5. The maximum atomic E-state index is 13.6. The fourth-order valence-electron chi connectivity index (χ4n) is 2.02. The minimum atomic E-state index is -0.113. The molecule has 0 saturated heterocycles. The van der Waals surface area contributed by atoms with Gasteiger partial charge in [0.05, 0.1) is 0 Å². The van der Waals surface area contributed by atoms with Gasteiger partial charge in [-0.1, -0.05) is 38.0 Å². The molecule has 0 aliphatic heterocycles. The maximum absolute atomic E-state index is 13.6. The van der Waals surface area contributed by atoms with Gasteiger partial charge < -0.3 is 5.32 Å². The third kappa shape index (κ3) is 6.17. The largest absolute Gasteiger partial charge is 0.315 e. The van der Waals surface area contributed by atoms with Crippen LogP contribution in [0.5, 0.6) is 0 Å². The van der Waals surface area contributed by atoms with Crippen LogP contribution in [0.3, 0.4) is 0 Å². The van der Waals surface area contributed by atoms with Crippen LogP contribution in [0.4, 0.5) is 4.39 Å². The van der Waals surface area contributed by atoms with E-state index in [0.29, 0.717) is 12.6 Å². The van der Waals surface area contributed by atoms with Crippen LogP contribution in [0.2, 0.25) is 0 Å². The molecule has 3 heteroatoms. The van der Waals surface area contributed by atoms with E-state index in [0.717, 1.165) is 18.7 Å². The number of unbranched alkanes of at least 4 members (excludes halogenated alkanes) is 2. The van der Waals surface area contributed by atoms with E-state index in [1.807, 2.05) is 19.2 Å². The standard InChI is InChI=1S/C16H27FN2/c1-4-5-8-11-18-12-14(2)19(3)13-15-9-6-7-10-16(15)17/h6-7,9-10,14,18H,4-5,8,11-13H2,1-3H3. The van der Waals surface area contributed by atoms with E-state index in [2.05, 4.69) is 24.1 Å². The van der Waals surface area contributed by atoms with Gasteiger partial charge in [0, 0.05) is 24.7 Å². The second-order valence-corrected chi connectivity index (χ2v) is 5.27. The van der Waals surface area contributed by atoms with Crippen LogP contribution >= 0.6 is 0 Å². The zero-order chi connectivity index (χ0) is 14.1. The lowest BCUT2D eigenvalue weighted by Crippen LogP contribution is -2.38. The number of hydrogen-bond donors (Lipinski definition) is 1. The third-order valence-electron chi connectivity index (χ3n) is 3.53. The Bertz CT molecular complexity index is 354. The Kier molecular flexibility index (Phi) is 7.68. The average Bonchev–Trinajstić information content (AvgIpc) is 2.41. The van der Waals surface area contributed by atoms with Crippen LogP contribution in [0.25, 0.3) is 0 Å². The van der Waals surface area contributed by atoms with E-state index < -0.39 is 0 Å². The predicted molar refractivity (Wildman–Crippen MR) is 79.7 cm³/mol. The van der Waals surface area contributed by atoms with Crippen LogP contribution in [-0.4, -0.2) is 31.1 Å². The Morgan fingerprint density at radius 3 is 2.68 bits per heavy atom. The highest BCUT2D eigenvalue weighted by Crippen LogP contribution is 2.10. The second kappa shape index (κ2) is 9.05. The third-order valence-corrected chi connectivity index (χ3v) is 3.53. The van der Waals surface area contributed by atoms with Crippen molar-refractivity contribution < 1.29 is 4.39 Å². The molecule has 0 radical (unpaired) electrons. The first-order chi connectivity index (χ1) is 9.15. The average molecular weight is 266 g/mol. The quantitative estimate of drug-likeness (QED) is 0.689. The number of halogens is 1. The summed E-state index contributed by atoms with van der Waals surface area (Å²) in [5.74, 6) is -0.113. The van der Waals surface area contributed by atoms with E-state index in [1.54, 1.807) is 6.07 Å². The highest BCUT2D eigenvalue weighted by atomic mass is 19.1. The summed E-state index contributed by atoms with van der Waals surface area (Å²) >= 11 is 0. The van der Waals surface area contributed by atoms with Crippen molar-refractivity contribution in [2.45, 2.75) is 45.7 Å². The molecule has 1 rings (SSSR count). The van der Waals surface area contributed by atoms with Gasteiger partial charge in [0.1, 0.15) is 5.82 Å². The smallest absolute Gasteiger partial charge is 0.127 e. The SMILES string of the molecule is CCCCCNCC(C)N(C)Cc1ccccc1F. The van der Waals surface area contributed by atoms with E-state index >= 15 is 0 Å². The molecular weight excluding hydrogens is 239 g/mol. The Morgan fingerprint density at radius 2 is 2.00 bits per heavy atom. The van der Waals surface area contributed by atoms with Gasteiger partial charge in [-0.05, 0) is 33.0 Å². The van der Waals surface area contributed by atoms with Crippen molar-refractivity contribution in [1.82, 2.24) is 10.2 Å². The van der Waals surface area contributed by atoms with Crippen molar-refractivity contribution in [2.24, 2.45) is 0 Å². The minimum absolute atomic E-state index is 0.113.